The van der Waals surface area contributed by atoms with Crippen molar-refractivity contribution >= 4 is 21.4 Å². The minimum atomic E-state index is -4.67. The Morgan fingerprint density at radius 3 is 2.50 bits per heavy atom. The molecule has 3 rings (SSSR count). The van der Waals surface area contributed by atoms with E-state index in [4.69, 9.17) is 17.5 Å². The zero-order chi connectivity index (χ0) is 20.9. The number of aromatic nitrogens is 4. The van der Waals surface area contributed by atoms with Crippen LogP contribution in [0.2, 0.25) is 0 Å². The van der Waals surface area contributed by atoms with Gasteiger partial charge in [-0.15, -0.1) is 0 Å². The van der Waals surface area contributed by atoms with Gasteiger partial charge < -0.3 is 14.1 Å². The van der Waals surface area contributed by atoms with Crippen molar-refractivity contribution in [1.82, 2.24) is 19.1 Å². The zero-order valence-electron chi connectivity index (χ0n) is 14.7. The molecule has 0 aliphatic rings. The third-order valence-electron chi connectivity index (χ3n) is 3.73. The summed E-state index contributed by atoms with van der Waals surface area (Å²) in [5.74, 6) is 0. The third-order valence-corrected chi connectivity index (χ3v) is 3.73. The van der Waals surface area contributed by atoms with E-state index in [1.165, 1.54) is 4.57 Å². The van der Waals surface area contributed by atoms with Crippen LogP contribution in [-0.2, 0) is 16.9 Å². The van der Waals surface area contributed by atoms with Crippen LogP contribution in [0.15, 0.2) is 40.4 Å². The van der Waals surface area contributed by atoms with Crippen molar-refractivity contribution in [2.45, 2.75) is 26.3 Å². The SMILES string of the molecule is CCCCn1c(=O)c(=O)[nH]c2cc(C#N)c(-n3ccnc3)cc21.O=S(=O)(O)O. The standard InChI is InChI=1S/C16H15N5O2.H2O4S/c1-2-3-5-21-14-8-13(20-6-4-18-10-20)11(9-17)7-12(14)19-15(22)16(21)23;1-5(2,3)4/h4,6-8,10H,2-3,5H2,1H3,(H,19,22);(H2,1,2,3,4). The summed E-state index contributed by atoms with van der Waals surface area (Å²) < 4.78 is 34.8. The minimum Gasteiger partial charge on any atom is -0.316 e. The molecule has 12 heteroatoms. The second kappa shape index (κ2) is 8.61. The van der Waals surface area contributed by atoms with E-state index in [-0.39, 0.29) is 0 Å². The molecule has 2 heterocycles. The summed E-state index contributed by atoms with van der Waals surface area (Å²) in [6.45, 7) is 2.48. The summed E-state index contributed by atoms with van der Waals surface area (Å²) in [5.41, 5.74) is 0.845. The van der Waals surface area contributed by atoms with Gasteiger partial charge in [-0.3, -0.25) is 18.7 Å². The number of H-pyrrole nitrogens is 1. The first kappa shape index (κ1) is 21.0. The van der Waals surface area contributed by atoms with Crippen molar-refractivity contribution in [2.75, 3.05) is 0 Å². The Morgan fingerprint density at radius 1 is 1.29 bits per heavy atom. The molecule has 0 amide bonds. The number of unbranched alkanes of at least 4 members (excludes halogenated alkanes) is 1. The van der Waals surface area contributed by atoms with Crippen molar-refractivity contribution in [2.24, 2.45) is 0 Å². The first-order chi connectivity index (χ1) is 13.2. The number of rotatable bonds is 4. The Hall–Kier alpha value is -3.27. The number of nitrogens with one attached hydrogen (secondary N) is 1. The van der Waals surface area contributed by atoms with E-state index in [1.54, 1.807) is 35.4 Å². The van der Waals surface area contributed by atoms with Crippen LogP contribution in [0.4, 0.5) is 0 Å². The third kappa shape index (κ3) is 5.13. The fourth-order valence-electron chi connectivity index (χ4n) is 2.55. The lowest BCUT2D eigenvalue weighted by atomic mass is 10.1. The molecule has 148 valence electrons. The van der Waals surface area contributed by atoms with Crippen molar-refractivity contribution in [3.63, 3.8) is 0 Å². The molecule has 3 N–H and O–H groups in total. The summed E-state index contributed by atoms with van der Waals surface area (Å²) >= 11 is 0. The number of hydrogen-bond donors (Lipinski definition) is 3. The molecular weight excluding hydrogens is 390 g/mol. The summed E-state index contributed by atoms with van der Waals surface area (Å²) in [6.07, 6.45) is 6.62. The van der Waals surface area contributed by atoms with Crippen LogP contribution in [0.3, 0.4) is 0 Å². The van der Waals surface area contributed by atoms with Crippen LogP contribution in [-0.4, -0.2) is 36.6 Å². The van der Waals surface area contributed by atoms with Gasteiger partial charge >= 0.3 is 21.5 Å². The van der Waals surface area contributed by atoms with E-state index in [0.717, 1.165) is 12.8 Å². The number of hydrogen-bond acceptors (Lipinski definition) is 6. The first-order valence-corrected chi connectivity index (χ1v) is 9.44. The minimum absolute atomic E-state index is 0.395. The Labute approximate surface area is 159 Å². The highest BCUT2D eigenvalue weighted by atomic mass is 32.3. The van der Waals surface area contributed by atoms with Crippen LogP contribution < -0.4 is 11.1 Å². The van der Waals surface area contributed by atoms with E-state index in [1.807, 2.05) is 6.92 Å². The highest BCUT2D eigenvalue weighted by molar-refractivity contribution is 7.79. The molecule has 0 bridgehead atoms. The zero-order valence-corrected chi connectivity index (χ0v) is 15.5. The average Bonchev–Trinajstić information content (AvgIpc) is 3.14. The molecule has 0 radical (unpaired) electrons. The topological polar surface area (TPSA) is 171 Å². The van der Waals surface area contributed by atoms with Crippen molar-refractivity contribution in [3.8, 4) is 11.8 Å². The van der Waals surface area contributed by atoms with Gasteiger partial charge in [-0.1, -0.05) is 13.3 Å². The highest BCUT2D eigenvalue weighted by Gasteiger charge is 2.12. The number of benzene rings is 1. The largest absolute Gasteiger partial charge is 0.394 e. The van der Waals surface area contributed by atoms with Crippen LogP contribution in [0.25, 0.3) is 16.7 Å². The lowest BCUT2D eigenvalue weighted by Crippen LogP contribution is -2.36. The molecule has 2 aromatic heterocycles. The Balaban J connectivity index is 0.000000500. The van der Waals surface area contributed by atoms with Crippen LogP contribution in [0, 0.1) is 11.3 Å². The number of fused-ring (bicyclic) bond motifs is 1. The fourth-order valence-corrected chi connectivity index (χ4v) is 2.55. The van der Waals surface area contributed by atoms with Gasteiger partial charge in [-0.05, 0) is 18.6 Å². The highest BCUT2D eigenvalue weighted by Crippen LogP contribution is 2.20. The maximum absolute atomic E-state index is 12.2. The Kier molecular flexibility index (Phi) is 6.47. The van der Waals surface area contributed by atoms with E-state index in [0.29, 0.717) is 28.8 Å². The van der Waals surface area contributed by atoms with Crippen molar-refractivity contribution in [1.29, 1.82) is 5.26 Å². The van der Waals surface area contributed by atoms with Gasteiger partial charge in [0.2, 0.25) is 0 Å². The Bertz CT molecular complexity index is 1230. The first-order valence-electron chi connectivity index (χ1n) is 8.05. The second-order valence-electron chi connectivity index (χ2n) is 5.68. The molecular formula is C16H17N5O6S. The number of aryl methyl sites for hydroxylation is 1. The molecule has 0 atom stereocenters. The second-order valence-corrected chi connectivity index (χ2v) is 6.58. The summed E-state index contributed by atoms with van der Waals surface area (Å²) in [5, 5.41) is 9.37. The molecule has 0 aliphatic carbocycles. The quantitative estimate of drug-likeness (QED) is 0.423. The van der Waals surface area contributed by atoms with Gasteiger partial charge in [0.25, 0.3) is 0 Å². The normalized spacial score (nSPS) is 10.9. The van der Waals surface area contributed by atoms with E-state index < -0.39 is 21.5 Å². The summed E-state index contributed by atoms with van der Waals surface area (Å²) in [4.78, 5) is 30.6. The molecule has 3 aromatic rings. The predicted molar refractivity (Wildman–Crippen MR) is 99.8 cm³/mol. The molecule has 0 saturated carbocycles. The Morgan fingerprint density at radius 2 is 1.96 bits per heavy atom. The molecule has 11 nitrogen and oxygen atoms in total. The van der Waals surface area contributed by atoms with E-state index in [9.17, 15) is 14.9 Å². The maximum Gasteiger partial charge on any atom is 0.394 e. The van der Waals surface area contributed by atoms with Gasteiger partial charge in [0.1, 0.15) is 6.07 Å². The van der Waals surface area contributed by atoms with Crippen molar-refractivity contribution < 1.29 is 17.5 Å². The maximum atomic E-state index is 12.2. The van der Waals surface area contributed by atoms with Gasteiger partial charge in [-0.2, -0.15) is 13.7 Å². The van der Waals surface area contributed by atoms with Gasteiger partial charge in [0.15, 0.2) is 0 Å². The number of nitrogens with zero attached hydrogens (tertiary/aromatic N) is 4. The average molecular weight is 407 g/mol. The smallest absolute Gasteiger partial charge is 0.316 e. The number of aromatic amines is 1. The van der Waals surface area contributed by atoms with Crippen molar-refractivity contribution in [3.05, 3.63) is 57.1 Å². The van der Waals surface area contributed by atoms with Crippen LogP contribution >= 0.6 is 0 Å². The number of imidazole rings is 1. The molecule has 1 aromatic carbocycles. The summed E-state index contributed by atoms with van der Waals surface area (Å²) in [7, 11) is -4.67. The molecule has 0 fully saturated rings. The molecule has 0 aliphatic heterocycles. The van der Waals surface area contributed by atoms with Crippen LogP contribution in [0.1, 0.15) is 25.3 Å². The fraction of sp³-hybridized carbons (Fsp3) is 0.250. The van der Waals surface area contributed by atoms with Gasteiger partial charge in [0.05, 0.1) is 28.6 Å². The van der Waals surface area contributed by atoms with Gasteiger partial charge in [0, 0.05) is 18.9 Å². The molecule has 28 heavy (non-hydrogen) atoms. The van der Waals surface area contributed by atoms with Gasteiger partial charge in [-0.25, -0.2) is 4.98 Å². The van der Waals surface area contributed by atoms with E-state index >= 15 is 0 Å². The molecule has 0 saturated heterocycles. The monoisotopic (exact) mass is 407 g/mol. The lowest BCUT2D eigenvalue weighted by molar-refractivity contribution is 0.381. The van der Waals surface area contributed by atoms with E-state index in [2.05, 4.69) is 16.0 Å². The summed E-state index contributed by atoms with van der Waals surface area (Å²) in [6, 6.07) is 5.44. The molecule has 0 unspecified atom stereocenters. The molecule has 0 spiro atoms. The lowest BCUT2D eigenvalue weighted by Gasteiger charge is -2.12. The predicted octanol–water partition coefficient (Wildman–Crippen LogP) is 0.894. The van der Waals surface area contributed by atoms with Crippen LogP contribution in [0.5, 0.6) is 0 Å². The number of nitriles is 1.